The molecule has 0 amide bonds. The highest BCUT2D eigenvalue weighted by Crippen LogP contribution is 2.25. The zero-order chi connectivity index (χ0) is 17.1. The number of aromatic nitrogens is 3. The van der Waals surface area contributed by atoms with E-state index in [1.807, 2.05) is 23.6 Å². The lowest BCUT2D eigenvalue weighted by Gasteiger charge is -2.08. The van der Waals surface area contributed by atoms with Gasteiger partial charge in [0.05, 0.1) is 0 Å². The average molecular weight is 327 g/mol. The first-order valence-electron chi connectivity index (χ1n) is 7.85. The number of hydrogen-bond donors (Lipinski definition) is 1. The lowest BCUT2D eigenvalue weighted by atomic mass is 10.2. The topological polar surface area (TPSA) is 68.0 Å². The van der Waals surface area contributed by atoms with Crippen molar-refractivity contribution in [2.75, 3.05) is 0 Å². The van der Waals surface area contributed by atoms with Crippen LogP contribution in [0.1, 0.15) is 24.8 Å². The van der Waals surface area contributed by atoms with Gasteiger partial charge in [0, 0.05) is 24.7 Å². The Morgan fingerprint density at radius 3 is 2.88 bits per heavy atom. The van der Waals surface area contributed by atoms with E-state index in [1.54, 1.807) is 12.3 Å². The summed E-state index contributed by atoms with van der Waals surface area (Å²) in [6.45, 7) is 2.53. The number of benzene rings is 1. The van der Waals surface area contributed by atoms with E-state index in [4.69, 9.17) is 5.11 Å². The summed E-state index contributed by atoms with van der Waals surface area (Å²) in [4.78, 5) is 19.7. The smallest absolute Gasteiger partial charge is 0.303 e. The number of aryl methyl sites for hydroxylation is 2. The third-order valence-corrected chi connectivity index (χ3v) is 3.83. The van der Waals surface area contributed by atoms with Gasteiger partial charge in [-0.3, -0.25) is 4.79 Å². The fraction of sp³-hybridized carbons (Fsp3) is 0.278. The summed E-state index contributed by atoms with van der Waals surface area (Å²) in [5.41, 5.74) is 3.18. The Hall–Kier alpha value is -2.76. The number of halogens is 1. The highest BCUT2D eigenvalue weighted by atomic mass is 19.1. The van der Waals surface area contributed by atoms with Crippen LogP contribution < -0.4 is 0 Å². The maximum Gasteiger partial charge on any atom is 0.303 e. The number of aliphatic carboxylic acids is 1. The number of imidazole rings is 1. The molecule has 0 radical (unpaired) electrons. The van der Waals surface area contributed by atoms with Crippen LogP contribution in [0.5, 0.6) is 0 Å². The molecule has 24 heavy (non-hydrogen) atoms. The quantitative estimate of drug-likeness (QED) is 0.699. The molecule has 124 valence electrons. The van der Waals surface area contributed by atoms with Crippen molar-refractivity contribution in [3.05, 3.63) is 47.9 Å². The Kier molecular flexibility index (Phi) is 4.55. The van der Waals surface area contributed by atoms with Crippen LogP contribution >= 0.6 is 0 Å². The molecule has 2 heterocycles. The van der Waals surface area contributed by atoms with Crippen molar-refractivity contribution in [3.63, 3.8) is 0 Å². The van der Waals surface area contributed by atoms with Crippen LogP contribution in [-0.2, 0) is 11.3 Å². The maximum atomic E-state index is 13.6. The van der Waals surface area contributed by atoms with Crippen molar-refractivity contribution in [3.8, 4) is 11.4 Å². The molecule has 0 aliphatic heterocycles. The fourth-order valence-corrected chi connectivity index (χ4v) is 2.72. The van der Waals surface area contributed by atoms with E-state index in [0.29, 0.717) is 30.8 Å². The first-order valence-corrected chi connectivity index (χ1v) is 7.85. The molecule has 0 unspecified atom stereocenters. The van der Waals surface area contributed by atoms with Crippen LogP contribution in [0.2, 0.25) is 0 Å². The van der Waals surface area contributed by atoms with Gasteiger partial charge in [-0.15, -0.1) is 0 Å². The van der Waals surface area contributed by atoms with Crippen molar-refractivity contribution in [2.24, 2.45) is 0 Å². The third-order valence-electron chi connectivity index (χ3n) is 3.83. The second-order valence-corrected chi connectivity index (χ2v) is 5.80. The van der Waals surface area contributed by atoms with Gasteiger partial charge < -0.3 is 9.67 Å². The van der Waals surface area contributed by atoms with Crippen molar-refractivity contribution in [1.82, 2.24) is 14.5 Å². The van der Waals surface area contributed by atoms with Gasteiger partial charge in [0.1, 0.15) is 17.2 Å². The van der Waals surface area contributed by atoms with E-state index in [-0.39, 0.29) is 12.2 Å². The number of pyridine rings is 1. The van der Waals surface area contributed by atoms with Crippen LogP contribution in [0.15, 0.2) is 36.5 Å². The predicted molar refractivity (Wildman–Crippen MR) is 89.1 cm³/mol. The van der Waals surface area contributed by atoms with Crippen molar-refractivity contribution < 1.29 is 14.3 Å². The normalized spacial score (nSPS) is 11.1. The Morgan fingerprint density at radius 1 is 1.29 bits per heavy atom. The molecule has 5 nitrogen and oxygen atoms in total. The molecule has 0 saturated carbocycles. The van der Waals surface area contributed by atoms with E-state index in [2.05, 4.69) is 9.97 Å². The van der Waals surface area contributed by atoms with Crippen LogP contribution in [0.4, 0.5) is 4.39 Å². The number of carboxylic acids is 1. The number of carbonyl (C=O) groups is 1. The first-order chi connectivity index (χ1) is 11.5. The average Bonchev–Trinajstić information content (AvgIpc) is 2.89. The highest BCUT2D eigenvalue weighted by Gasteiger charge is 2.14. The zero-order valence-electron chi connectivity index (χ0n) is 13.4. The molecule has 1 N–H and O–H groups in total. The lowest BCUT2D eigenvalue weighted by Crippen LogP contribution is -2.03. The molecule has 0 spiro atoms. The second-order valence-electron chi connectivity index (χ2n) is 5.80. The summed E-state index contributed by atoms with van der Waals surface area (Å²) >= 11 is 0. The van der Waals surface area contributed by atoms with Gasteiger partial charge in [-0.2, -0.15) is 0 Å². The van der Waals surface area contributed by atoms with E-state index >= 15 is 0 Å². The van der Waals surface area contributed by atoms with Gasteiger partial charge in [0.25, 0.3) is 0 Å². The van der Waals surface area contributed by atoms with E-state index in [1.165, 1.54) is 12.1 Å². The summed E-state index contributed by atoms with van der Waals surface area (Å²) < 4.78 is 15.5. The molecule has 0 bridgehead atoms. The van der Waals surface area contributed by atoms with E-state index in [9.17, 15) is 9.18 Å². The molecule has 1 aromatic carbocycles. The standard InChI is InChI=1S/C18H18FN3O2/c1-12-9-15-18(20-11-12)22(8-3-2-7-16(23)24)17(21-15)13-5-4-6-14(19)10-13/h4-6,9-11H,2-3,7-8H2,1H3,(H,23,24). The summed E-state index contributed by atoms with van der Waals surface area (Å²) in [6.07, 6.45) is 3.17. The lowest BCUT2D eigenvalue weighted by molar-refractivity contribution is -0.137. The Balaban J connectivity index is 2.00. The maximum absolute atomic E-state index is 13.6. The largest absolute Gasteiger partial charge is 0.481 e. The van der Waals surface area contributed by atoms with Gasteiger partial charge in [0.2, 0.25) is 0 Å². The monoisotopic (exact) mass is 327 g/mol. The molecule has 0 aliphatic carbocycles. The number of fused-ring (bicyclic) bond motifs is 1. The first kappa shape index (κ1) is 16.1. The Morgan fingerprint density at radius 2 is 2.12 bits per heavy atom. The number of carboxylic acid groups (broad SMARTS) is 1. The SMILES string of the molecule is Cc1cnc2c(c1)nc(-c1cccc(F)c1)n2CCCCC(=O)O. The molecule has 3 rings (SSSR count). The summed E-state index contributed by atoms with van der Waals surface area (Å²) in [6, 6.07) is 8.24. The molecule has 3 aromatic rings. The number of unbranched alkanes of at least 4 members (excludes halogenated alkanes) is 1. The van der Waals surface area contributed by atoms with Gasteiger partial charge in [-0.1, -0.05) is 12.1 Å². The number of hydrogen-bond acceptors (Lipinski definition) is 3. The fourth-order valence-electron chi connectivity index (χ4n) is 2.72. The molecule has 2 aromatic heterocycles. The van der Waals surface area contributed by atoms with E-state index < -0.39 is 5.97 Å². The zero-order valence-corrected chi connectivity index (χ0v) is 13.4. The minimum absolute atomic E-state index is 0.133. The van der Waals surface area contributed by atoms with Gasteiger partial charge in [-0.05, 0) is 43.5 Å². The number of rotatable bonds is 6. The van der Waals surface area contributed by atoms with Crippen molar-refractivity contribution in [1.29, 1.82) is 0 Å². The minimum atomic E-state index is -0.801. The summed E-state index contributed by atoms with van der Waals surface area (Å²) in [5.74, 6) is -0.469. The molecule has 0 aliphatic rings. The van der Waals surface area contributed by atoms with Gasteiger partial charge >= 0.3 is 5.97 Å². The molecule has 0 fully saturated rings. The van der Waals surface area contributed by atoms with E-state index in [0.717, 1.165) is 16.7 Å². The van der Waals surface area contributed by atoms with Gasteiger partial charge in [-0.25, -0.2) is 14.4 Å². The van der Waals surface area contributed by atoms with Crippen LogP contribution in [-0.4, -0.2) is 25.6 Å². The van der Waals surface area contributed by atoms with Crippen LogP contribution in [0.25, 0.3) is 22.6 Å². The van der Waals surface area contributed by atoms with Crippen LogP contribution in [0.3, 0.4) is 0 Å². The number of nitrogens with zero attached hydrogens (tertiary/aromatic N) is 3. The summed E-state index contributed by atoms with van der Waals surface area (Å²) in [5, 5.41) is 8.76. The molecule has 6 heteroatoms. The Bertz CT molecular complexity index is 889. The third kappa shape index (κ3) is 3.42. The second kappa shape index (κ2) is 6.78. The molecular formula is C18H18FN3O2. The summed E-state index contributed by atoms with van der Waals surface area (Å²) in [7, 11) is 0. The minimum Gasteiger partial charge on any atom is -0.481 e. The molecule has 0 saturated heterocycles. The Labute approximate surface area is 138 Å². The molecular weight excluding hydrogens is 309 g/mol. The van der Waals surface area contributed by atoms with Crippen molar-refractivity contribution >= 4 is 17.1 Å². The van der Waals surface area contributed by atoms with Gasteiger partial charge in [0.15, 0.2) is 5.65 Å². The van der Waals surface area contributed by atoms with Crippen LogP contribution in [0, 0.1) is 12.7 Å². The molecule has 0 atom stereocenters. The highest BCUT2D eigenvalue weighted by molar-refractivity contribution is 5.77. The van der Waals surface area contributed by atoms with Crippen molar-refractivity contribution in [2.45, 2.75) is 32.7 Å². The predicted octanol–water partition coefficient (Wildman–Crippen LogP) is 3.80.